The van der Waals surface area contributed by atoms with Crippen molar-refractivity contribution in [2.24, 2.45) is 0 Å². The van der Waals surface area contributed by atoms with E-state index in [1.165, 1.54) is 5.56 Å². The van der Waals surface area contributed by atoms with Gasteiger partial charge >= 0.3 is 0 Å². The molecule has 0 unspecified atom stereocenters. The molecule has 1 N–H and O–H groups in total. The second kappa shape index (κ2) is 11.1. The van der Waals surface area contributed by atoms with Gasteiger partial charge in [-0.05, 0) is 31.2 Å². The van der Waals surface area contributed by atoms with Gasteiger partial charge in [0.1, 0.15) is 0 Å². The zero-order chi connectivity index (χ0) is 16.8. The first kappa shape index (κ1) is 22.3. The summed E-state index contributed by atoms with van der Waals surface area (Å²) in [6, 6.07) is 18.8. The highest BCUT2D eigenvalue weighted by Crippen LogP contribution is 2.33. The molecular weight excluding hydrogens is 369 g/mol. The minimum atomic E-state index is 0. The molecule has 2 aromatic carbocycles. The van der Waals surface area contributed by atoms with Gasteiger partial charge in [0.05, 0.1) is 11.4 Å². The molecule has 1 aliphatic heterocycles. The van der Waals surface area contributed by atoms with Crippen LogP contribution in [0.4, 0.5) is 11.4 Å². The number of nitrogens with zero attached hydrogens (tertiary/aromatic N) is 2. The first-order valence-corrected chi connectivity index (χ1v) is 8.62. The Bertz CT molecular complexity index is 682. The highest BCUT2D eigenvalue weighted by atomic mass is 35.5. The second-order valence-corrected chi connectivity index (χ2v) is 6.15. The van der Waals surface area contributed by atoms with Gasteiger partial charge in [-0.2, -0.15) is 0 Å². The van der Waals surface area contributed by atoms with Crippen LogP contribution in [0, 0.1) is 0 Å². The lowest BCUT2D eigenvalue weighted by molar-refractivity contribution is -0.118. The summed E-state index contributed by atoms with van der Waals surface area (Å²) in [7, 11) is 1.88. The molecule has 0 atom stereocenters. The van der Waals surface area contributed by atoms with Crippen LogP contribution in [0.3, 0.4) is 0 Å². The van der Waals surface area contributed by atoms with Crippen molar-refractivity contribution in [2.75, 3.05) is 36.5 Å². The maximum Gasteiger partial charge on any atom is 0.228 e. The number of carbonyl (C=O) groups is 1. The summed E-state index contributed by atoms with van der Waals surface area (Å²) in [5.74, 6) is 0.193. The van der Waals surface area contributed by atoms with E-state index in [1.54, 1.807) is 0 Å². The molecule has 0 aliphatic carbocycles. The van der Waals surface area contributed by atoms with Gasteiger partial charge in [0.25, 0.3) is 0 Å². The van der Waals surface area contributed by atoms with E-state index in [0.29, 0.717) is 13.0 Å². The Morgan fingerprint density at radius 2 is 1.62 bits per heavy atom. The van der Waals surface area contributed by atoms with Crippen LogP contribution in [0.25, 0.3) is 0 Å². The molecule has 0 fully saturated rings. The molecule has 2 aromatic rings. The van der Waals surface area contributed by atoms with E-state index in [4.69, 9.17) is 0 Å². The Kier molecular flexibility index (Phi) is 9.49. The fourth-order valence-corrected chi connectivity index (χ4v) is 3.21. The van der Waals surface area contributed by atoms with Gasteiger partial charge in [-0.25, -0.2) is 0 Å². The number of nitrogens with one attached hydrogen (secondary N) is 1. The number of para-hydroxylation sites is 2. The zero-order valence-electron chi connectivity index (χ0n) is 15.1. The smallest absolute Gasteiger partial charge is 0.228 e. The molecule has 26 heavy (non-hydrogen) atoms. The van der Waals surface area contributed by atoms with Crippen LogP contribution in [0.2, 0.25) is 0 Å². The number of carbonyl (C=O) groups excluding carboxylic acids is 1. The highest BCUT2D eigenvalue weighted by molar-refractivity contribution is 5.97. The molecule has 0 saturated carbocycles. The number of benzene rings is 2. The third kappa shape index (κ3) is 5.37. The molecule has 1 amide bonds. The number of anilines is 2. The van der Waals surface area contributed by atoms with Crippen molar-refractivity contribution in [3.8, 4) is 0 Å². The minimum Gasteiger partial charge on any atom is -0.365 e. The Balaban J connectivity index is 0.00000169. The van der Waals surface area contributed by atoms with Crippen molar-refractivity contribution in [1.82, 2.24) is 5.32 Å². The summed E-state index contributed by atoms with van der Waals surface area (Å²) < 4.78 is 0. The molecule has 0 aromatic heterocycles. The van der Waals surface area contributed by atoms with E-state index in [2.05, 4.69) is 52.7 Å². The molecule has 0 saturated heterocycles. The Morgan fingerprint density at radius 3 is 2.31 bits per heavy atom. The van der Waals surface area contributed by atoms with E-state index in [9.17, 15) is 4.79 Å². The summed E-state index contributed by atoms with van der Waals surface area (Å²) in [5.41, 5.74) is 3.48. The molecule has 142 valence electrons. The van der Waals surface area contributed by atoms with Gasteiger partial charge in [0.15, 0.2) is 0 Å². The lowest BCUT2D eigenvalue weighted by atomic mass is 10.1. The molecule has 3 rings (SSSR count). The Labute approximate surface area is 168 Å². The van der Waals surface area contributed by atoms with Crippen LogP contribution in [-0.2, 0) is 11.3 Å². The van der Waals surface area contributed by atoms with Crippen LogP contribution in [0.5, 0.6) is 0 Å². The standard InChI is InChI=1S/C20H25N3O.2ClH/c1-21-13-12-20(24)23-15-7-14-22(16-17-8-3-2-4-9-17)18-10-5-6-11-19(18)23;;/h2-6,8-11,21H,7,12-16H2,1H3;2*1H. The van der Waals surface area contributed by atoms with Gasteiger partial charge in [-0.1, -0.05) is 42.5 Å². The molecule has 4 nitrogen and oxygen atoms in total. The van der Waals surface area contributed by atoms with Crippen molar-refractivity contribution < 1.29 is 4.79 Å². The predicted octanol–water partition coefficient (Wildman–Crippen LogP) is 3.88. The largest absolute Gasteiger partial charge is 0.365 e. The average Bonchev–Trinajstić information content (AvgIpc) is 2.81. The van der Waals surface area contributed by atoms with E-state index in [1.807, 2.05) is 24.1 Å². The molecule has 1 aliphatic rings. The predicted molar refractivity (Wildman–Crippen MR) is 114 cm³/mol. The molecule has 6 heteroatoms. The number of amides is 1. The summed E-state index contributed by atoms with van der Waals surface area (Å²) in [6.45, 7) is 3.33. The van der Waals surface area contributed by atoms with Gasteiger partial charge in [-0.15, -0.1) is 24.8 Å². The van der Waals surface area contributed by atoms with Crippen LogP contribution in [0.15, 0.2) is 54.6 Å². The van der Waals surface area contributed by atoms with E-state index in [0.717, 1.165) is 37.4 Å². The third-order valence-electron chi connectivity index (χ3n) is 4.43. The second-order valence-electron chi connectivity index (χ2n) is 6.15. The van der Waals surface area contributed by atoms with Crippen LogP contribution >= 0.6 is 24.8 Å². The molecule has 0 radical (unpaired) electrons. The molecule has 1 heterocycles. The first-order valence-electron chi connectivity index (χ1n) is 8.62. The summed E-state index contributed by atoms with van der Waals surface area (Å²) in [4.78, 5) is 16.9. The highest BCUT2D eigenvalue weighted by Gasteiger charge is 2.24. The van der Waals surface area contributed by atoms with E-state index >= 15 is 0 Å². The molecule has 0 spiro atoms. The quantitative estimate of drug-likeness (QED) is 0.833. The number of halogens is 2. The SMILES string of the molecule is CNCCC(=O)N1CCCN(Cc2ccccc2)c2ccccc21.Cl.Cl. The summed E-state index contributed by atoms with van der Waals surface area (Å²) >= 11 is 0. The van der Waals surface area contributed by atoms with Gasteiger partial charge in [0.2, 0.25) is 5.91 Å². The Morgan fingerprint density at radius 1 is 0.962 bits per heavy atom. The zero-order valence-corrected chi connectivity index (χ0v) is 16.7. The van der Waals surface area contributed by atoms with Gasteiger partial charge in [0, 0.05) is 32.6 Å². The fraction of sp³-hybridized carbons (Fsp3) is 0.350. The third-order valence-corrected chi connectivity index (χ3v) is 4.43. The van der Waals surface area contributed by atoms with Gasteiger partial charge in [-0.3, -0.25) is 4.79 Å². The van der Waals surface area contributed by atoms with Crippen LogP contribution in [-0.4, -0.2) is 32.6 Å². The van der Waals surface area contributed by atoms with Crippen molar-refractivity contribution in [3.63, 3.8) is 0 Å². The van der Waals surface area contributed by atoms with Crippen molar-refractivity contribution in [2.45, 2.75) is 19.4 Å². The van der Waals surface area contributed by atoms with Crippen molar-refractivity contribution >= 4 is 42.1 Å². The minimum absolute atomic E-state index is 0. The normalized spacial score (nSPS) is 13.1. The van der Waals surface area contributed by atoms with Crippen molar-refractivity contribution in [3.05, 3.63) is 60.2 Å². The topological polar surface area (TPSA) is 35.6 Å². The van der Waals surface area contributed by atoms with Gasteiger partial charge < -0.3 is 15.1 Å². The lowest BCUT2D eigenvalue weighted by Gasteiger charge is -2.27. The molecular formula is C20H27Cl2N3O. The summed E-state index contributed by atoms with van der Waals surface area (Å²) in [6.07, 6.45) is 1.51. The summed E-state index contributed by atoms with van der Waals surface area (Å²) in [5, 5.41) is 3.06. The van der Waals surface area contributed by atoms with Crippen LogP contribution < -0.4 is 15.1 Å². The number of rotatable bonds is 5. The maximum atomic E-state index is 12.6. The monoisotopic (exact) mass is 395 g/mol. The first-order chi connectivity index (χ1) is 11.8. The maximum absolute atomic E-state index is 12.6. The van der Waals surface area contributed by atoms with Crippen molar-refractivity contribution in [1.29, 1.82) is 0 Å². The lowest BCUT2D eigenvalue weighted by Crippen LogP contribution is -2.33. The fourth-order valence-electron chi connectivity index (χ4n) is 3.21. The number of fused-ring (bicyclic) bond motifs is 1. The molecule has 0 bridgehead atoms. The van der Waals surface area contributed by atoms with E-state index in [-0.39, 0.29) is 30.7 Å². The van der Waals surface area contributed by atoms with E-state index < -0.39 is 0 Å². The van der Waals surface area contributed by atoms with Crippen LogP contribution in [0.1, 0.15) is 18.4 Å². The number of hydrogen-bond acceptors (Lipinski definition) is 3. The Hall–Kier alpha value is -1.75. The average molecular weight is 396 g/mol. The number of hydrogen-bond donors (Lipinski definition) is 1.